The first-order chi connectivity index (χ1) is 11.6. The zero-order valence-electron chi connectivity index (χ0n) is 14.1. The highest BCUT2D eigenvalue weighted by atomic mass is 16.5. The number of carbonyl (C=O) groups is 1. The molecule has 0 fully saturated rings. The van der Waals surface area contributed by atoms with E-state index in [1.807, 2.05) is 24.3 Å². The fourth-order valence-electron chi connectivity index (χ4n) is 2.37. The van der Waals surface area contributed by atoms with E-state index >= 15 is 0 Å². The average Bonchev–Trinajstić information content (AvgIpc) is 2.64. The van der Waals surface area contributed by atoms with Crippen LogP contribution in [-0.2, 0) is 16.0 Å². The Kier molecular flexibility index (Phi) is 7.09. The third-order valence-electron chi connectivity index (χ3n) is 3.85. The van der Waals surface area contributed by atoms with Crippen LogP contribution in [0.4, 0.5) is 0 Å². The zero-order valence-corrected chi connectivity index (χ0v) is 14.1. The summed E-state index contributed by atoms with van der Waals surface area (Å²) < 4.78 is 5.45. The molecule has 0 saturated heterocycles. The number of aryl methyl sites for hydroxylation is 1. The van der Waals surface area contributed by atoms with Gasteiger partial charge in [-0.15, -0.1) is 0 Å². The molecule has 0 unspecified atom stereocenters. The Balaban J connectivity index is 1.64. The number of carbonyl (C=O) groups excluding carboxylic acids is 1. The van der Waals surface area contributed by atoms with Gasteiger partial charge in [-0.3, -0.25) is 4.79 Å². The molecule has 0 atom stereocenters. The number of allylic oxidation sites excluding steroid dienone is 2. The molecule has 24 heavy (non-hydrogen) atoms. The van der Waals surface area contributed by atoms with Crippen molar-refractivity contribution in [1.82, 2.24) is 5.32 Å². The molecule has 1 N–H and O–H groups in total. The predicted molar refractivity (Wildman–Crippen MR) is 98.5 cm³/mol. The number of benzene rings is 1. The maximum absolute atomic E-state index is 12.0. The van der Waals surface area contributed by atoms with Gasteiger partial charge in [0.2, 0.25) is 0 Å². The number of rotatable bonds is 9. The van der Waals surface area contributed by atoms with E-state index in [0.29, 0.717) is 13.2 Å². The largest absolute Gasteiger partial charge is 0.484 e. The van der Waals surface area contributed by atoms with Crippen LogP contribution in [0.5, 0.6) is 0 Å². The Hall–Kier alpha value is -2.55. The normalized spacial score (nSPS) is 13.1. The van der Waals surface area contributed by atoms with Gasteiger partial charge in [0.1, 0.15) is 6.61 Å². The number of ether oxygens (including phenoxy) is 1. The maximum Gasteiger partial charge on any atom is 0.285 e. The van der Waals surface area contributed by atoms with Crippen LogP contribution >= 0.6 is 0 Å². The second kappa shape index (κ2) is 9.56. The molecule has 0 aliphatic heterocycles. The van der Waals surface area contributed by atoms with Crippen molar-refractivity contribution in [3.8, 4) is 0 Å². The van der Waals surface area contributed by atoms with Gasteiger partial charge in [-0.2, -0.15) is 0 Å². The molecule has 3 heteroatoms. The van der Waals surface area contributed by atoms with Crippen LogP contribution in [0.25, 0.3) is 0 Å². The van der Waals surface area contributed by atoms with Crippen LogP contribution in [0.15, 0.2) is 78.6 Å². The molecule has 0 bridgehead atoms. The minimum Gasteiger partial charge on any atom is -0.484 e. The van der Waals surface area contributed by atoms with Crippen LogP contribution in [-0.4, -0.2) is 19.1 Å². The molecule has 1 amide bonds. The van der Waals surface area contributed by atoms with Crippen LogP contribution < -0.4 is 5.32 Å². The second-order valence-electron chi connectivity index (χ2n) is 5.89. The van der Waals surface area contributed by atoms with Crippen LogP contribution in [0.1, 0.15) is 24.8 Å². The van der Waals surface area contributed by atoms with Gasteiger partial charge in [0, 0.05) is 6.54 Å². The molecule has 0 saturated carbocycles. The van der Waals surface area contributed by atoms with Crippen molar-refractivity contribution in [2.24, 2.45) is 0 Å². The van der Waals surface area contributed by atoms with Crippen molar-refractivity contribution in [2.45, 2.75) is 25.7 Å². The molecule has 2 rings (SSSR count). The van der Waals surface area contributed by atoms with Gasteiger partial charge < -0.3 is 10.1 Å². The van der Waals surface area contributed by atoms with Gasteiger partial charge >= 0.3 is 0 Å². The first kappa shape index (κ1) is 17.8. The number of amides is 1. The van der Waals surface area contributed by atoms with Crippen molar-refractivity contribution < 1.29 is 9.53 Å². The zero-order chi connectivity index (χ0) is 17.2. The molecular weight excluding hydrogens is 298 g/mol. The highest BCUT2D eigenvalue weighted by molar-refractivity contribution is 5.90. The maximum atomic E-state index is 12.0. The molecule has 1 aromatic carbocycles. The molecule has 0 heterocycles. The van der Waals surface area contributed by atoms with E-state index in [4.69, 9.17) is 4.74 Å². The summed E-state index contributed by atoms with van der Waals surface area (Å²) in [5, 5.41) is 2.81. The summed E-state index contributed by atoms with van der Waals surface area (Å²) >= 11 is 0. The van der Waals surface area contributed by atoms with Gasteiger partial charge in [0.15, 0.2) is 5.76 Å². The van der Waals surface area contributed by atoms with E-state index in [1.165, 1.54) is 5.56 Å². The molecule has 1 aliphatic rings. The van der Waals surface area contributed by atoms with E-state index in [-0.39, 0.29) is 11.7 Å². The lowest BCUT2D eigenvalue weighted by molar-refractivity contribution is -0.120. The Morgan fingerprint density at radius 1 is 1.17 bits per heavy atom. The minimum absolute atomic E-state index is 0.144. The average molecular weight is 323 g/mol. The molecule has 126 valence electrons. The highest BCUT2D eigenvalue weighted by Crippen LogP contribution is 2.11. The fourth-order valence-corrected chi connectivity index (χ4v) is 2.37. The molecule has 3 nitrogen and oxygen atoms in total. The third-order valence-corrected chi connectivity index (χ3v) is 3.85. The van der Waals surface area contributed by atoms with Crippen molar-refractivity contribution in [3.63, 3.8) is 0 Å². The lowest BCUT2D eigenvalue weighted by Crippen LogP contribution is -2.27. The molecule has 1 aromatic rings. The van der Waals surface area contributed by atoms with Gasteiger partial charge in [-0.25, -0.2) is 0 Å². The topological polar surface area (TPSA) is 38.3 Å². The lowest BCUT2D eigenvalue weighted by Gasteiger charge is -2.12. The van der Waals surface area contributed by atoms with E-state index in [0.717, 1.165) is 36.8 Å². The van der Waals surface area contributed by atoms with Crippen LogP contribution in [0, 0.1) is 0 Å². The summed E-state index contributed by atoms with van der Waals surface area (Å²) in [4.78, 5) is 12.0. The fraction of sp³-hybridized carbons (Fsp3) is 0.286. The monoisotopic (exact) mass is 323 g/mol. The standard InChI is InChI=1S/C21H25NO2/c1-17(13-14-19-9-5-3-6-10-19)15-22-21(23)18(2)24-16-20-11-7-4-8-12-20/h3,5-7,9-12H,1-2,4,8,13-16H2,(H,22,23). The summed E-state index contributed by atoms with van der Waals surface area (Å²) in [6.45, 7) is 8.54. The number of nitrogens with one attached hydrogen (secondary N) is 1. The molecule has 0 aromatic heterocycles. The first-order valence-electron chi connectivity index (χ1n) is 8.31. The highest BCUT2D eigenvalue weighted by Gasteiger charge is 2.09. The summed E-state index contributed by atoms with van der Waals surface area (Å²) in [6, 6.07) is 10.2. The van der Waals surface area contributed by atoms with Gasteiger partial charge in [-0.1, -0.05) is 67.3 Å². The minimum atomic E-state index is -0.281. The van der Waals surface area contributed by atoms with Crippen LogP contribution in [0.3, 0.4) is 0 Å². The number of hydrogen-bond donors (Lipinski definition) is 1. The lowest BCUT2D eigenvalue weighted by atomic mass is 10.1. The van der Waals surface area contributed by atoms with E-state index in [9.17, 15) is 4.79 Å². The number of hydrogen-bond acceptors (Lipinski definition) is 2. The Labute approximate surface area is 144 Å². The molecular formula is C21H25NO2. The summed E-state index contributed by atoms with van der Waals surface area (Å²) in [7, 11) is 0. The predicted octanol–water partition coefficient (Wildman–Crippen LogP) is 4.10. The van der Waals surface area contributed by atoms with Crippen molar-refractivity contribution in [2.75, 3.05) is 13.2 Å². The summed E-state index contributed by atoms with van der Waals surface area (Å²) in [5.41, 5.74) is 3.34. The molecule has 0 radical (unpaired) electrons. The Morgan fingerprint density at radius 2 is 1.96 bits per heavy atom. The van der Waals surface area contributed by atoms with Crippen LogP contribution in [0.2, 0.25) is 0 Å². The second-order valence-corrected chi connectivity index (χ2v) is 5.89. The van der Waals surface area contributed by atoms with Gasteiger partial charge in [-0.05, 0) is 36.8 Å². The Morgan fingerprint density at radius 3 is 2.67 bits per heavy atom. The summed E-state index contributed by atoms with van der Waals surface area (Å²) in [6.07, 6.45) is 10.1. The van der Waals surface area contributed by atoms with Crippen molar-refractivity contribution in [1.29, 1.82) is 0 Å². The molecule has 0 spiro atoms. The van der Waals surface area contributed by atoms with Gasteiger partial charge in [0.25, 0.3) is 5.91 Å². The van der Waals surface area contributed by atoms with E-state index in [1.54, 1.807) is 0 Å². The molecule has 1 aliphatic carbocycles. The smallest absolute Gasteiger partial charge is 0.285 e. The SMILES string of the molecule is C=C(CCc1ccccc1)CNC(=O)C(=C)OCC1=CCCC=C1. The third kappa shape index (κ3) is 6.29. The quantitative estimate of drug-likeness (QED) is 0.422. The van der Waals surface area contributed by atoms with E-state index < -0.39 is 0 Å². The Bertz CT molecular complexity index is 641. The van der Waals surface area contributed by atoms with Gasteiger partial charge in [0.05, 0.1) is 0 Å². The van der Waals surface area contributed by atoms with Crippen molar-refractivity contribution in [3.05, 3.63) is 84.2 Å². The first-order valence-corrected chi connectivity index (χ1v) is 8.31. The summed E-state index contributed by atoms with van der Waals surface area (Å²) in [5.74, 6) is -0.137. The van der Waals surface area contributed by atoms with Crippen molar-refractivity contribution >= 4 is 5.91 Å². The van der Waals surface area contributed by atoms with E-state index in [2.05, 4.69) is 42.8 Å².